The van der Waals surface area contributed by atoms with Gasteiger partial charge in [-0.1, -0.05) is 31.9 Å². The minimum atomic E-state index is -0.586. The van der Waals surface area contributed by atoms with Crippen molar-refractivity contribution in [2.45, 2.75) is 46.6 Å². The molecule has 3 nitrogen and oxygen atoms in total. The summed E-state index contributed by atoms with van der Waals surface area (Å²) in [4.78, 5) is 0. The first-order valence-corrected chi connectivity index (χ1v) is 7.69. The summed E-state index contributed by atoms with van der Waals surface area (Å²) in [7, 11) is 0. The van der Waals surface area contributed by atoms with Gasteiger partial charge in [0.15, 0.2) is 11.5 Å². The van der Waals surface area contributed by atoms with E-state index in [0.29, 0.717) is 35.3 Å². The first-order valence-electron chi connectivity index (χ1n) is 7.32. The van der Waals surface area contributed by atoms with Crippen LogP contribution in [0.4, 0.5) is 0 Å². The molecular formula is C16H25ClO3. The van der Waals surface area contributed by atoms with E-state index in [-0.39, 0.29) is 5.92 Å². The Labute approximate surface area is 126 Å². The fraction of sp³-hybridized carbons (Fsp3) is 0.625. The quantitative estimate of drug-likeness (QED) is 0.762. The number of ether oxygens (including phenoxy) is 2. The molecule has 0 saturated heterocycles. The van der Waals surface area contributed by atoms with Crippen LogP contribution in [0.1, 0.15) is 52.2 Å². The van der Waals surface area contributed by atoms with Crippen molar-refractivity contribution in [1.82, 2.24) is 0 Å². The third-order valence-electron chi connectivity index (χ3n) is 3.26. The summed E-state index contributed by atoms with van der Waals surface area (Å²) in [6.45, 7) is 9.05. The molecular weight excluding hydrogens is 276 g/mol. The maximum absolute atomic E-state index is 10.4. The summed E-state index contributed by atoms with van der Waals surface area (Å²) in [6.07, 6.45) is 1.40. The van der Waals surface area contributed by atoms with E-state index < -0.39 is 6.10 Å². The highest BCUT2D eigenvalue weighted by Crippen LogP contribution is 2.39. The van der Waals surface area contributed by atoms with Crippen molar-refractivity contribution in [3.63, 3.8) is 0 Å². The summed E-state index contributed by atoms with van der Waals surface area (Å²) in [6, 6.07) is 3.53. The second-order valence-corrected chi connectivity index (χ2v) is 5.30. The van der Waals surface area contributed by atoms with Crippen molar-refractivity contribution < 1.29 is 14.6 Å². The largest absolute Gasteiger partial charge is 0.490 e. The predicted octanol–water partition coefficient (Wildman–Crippen LogP) is 4.61. The lowest BCUT2D eigenvalue weighted by atomic mass is 9.93. The molecule has 1 aromatic carbocycles. The van der Waals surface area contributed by atoms with Gasteiger partial charge in [-0.2, -0.15) is 0 Å². The monoisotopic (exact) mass is 300 g/mol. The van der Waals surface area contributed by atoms with Crippen LogP contribution in [0.25, 0.3) is 0 Å². The average molecular weight is 301 g/mol. The SMILES string of the molecule is CCCC(C)C(O)c1cc(OCC)c(OCC)cc1Cl. The van der Waals surface area contributed by atoms with E-state index in [4.69, 9.17) is 21.1 Å². The molecule has 2 unspecified atom stereocenters. The van der Waals surface area contributed by atoms with Crippen LogP contribution in [-0.4, -0.2) is 18.3 Å². The maximum Gasteiger partial charge on any atom is 0.162 e. The van der Waals surface area contributed by atoms with Crippen LogP contribution >= 0.6 is 11.6 Å². The van der Waals surface area contributed by atoms with Crippen molar-refractivity contribution in [2.75, 3.05) is 13.2 Å². The Morgan fingerprint density at radius 2 is 1.65 bits per heavy atom. The summed E-state index contributed by atoms with van der Waals surface area (Å²) in [5.74, 6) is 1.42. The predicted molar refractivity (Wildman–Crippen MR) is 82.8 cm³/mol. The molecule has 0 amide bonds. The molecule has 0 aliphatic heterocycles. The minimum absolute atomic E-state index is 0.157. The third kappa shape index (κ3) is 4.29. The maximum atomic E-state index is 10.4. The molecule has 1 aromatic rings. The van der Waals surface area contributed by atoms with Gasteiger partial charge in [0.2, 0.25) is 0 Å². The first-order chi connectivity index (χ1) is 9.54. The standard InChI is InChI=1S/C16H25ClO3/c1-5-8-11(4)16(18)12-9-14(19-6-2)15(20-7-3)10-13(12)17/h9-11,16,18H,5-8H2,1-4H3. The van der Waals surface area contributed by atoms with E-state index in [2.05, 4.69) is 6.92 Å². The zero-order valence-corrected chi connectivity index (χ0v) is 13.5. The molecule has 0 aromatic heterocycles. The van der Waals surface area contributed by atoms with Gasteiger partial charge < -0.3 is 14.6 Å². The van der Waals surface area contributed by atoms with Gasteiger partial charge in [-0.25, -0.2) is 0 Å². The fourth-order valence-electron chi connectivity index (χ4n) is 2.23. The first kappa shape index (κ1) is 17.1. The van der Waals surface area contributed by atoms with Crippen LogP contribution in [-0.2, 0) is 0 Å². The zero-order chi connectivity index (χ0) is 15.1. The van der Waals surface area contributed by atoms with E-state index in [1.165, 1.54) is 0 Å². The summed E-state index contributed by atoms with van der Waals surface area (Å²) in [5.41, 5.74) is 0.708. The van der Waals surface area contributed by atoms with E-state index in [0.717, 1.165) is 12.8 Å². The van der Waals surface area contributed by atoms with Gasteiger partial charge in [-0.05, 0) is 32.3 Å². The van der Waals surface area contributed by atoms with Crippen LogP contribution < -0.4 is 9.47 Å². The number of hydrogen-bond acceptors (Lipinski definition) is 3. The molecule has 0 heterocycles. The third-order valence-corrected chi connectivity index (χ3v) is 3.59. The lowest BCUT2D eigenvalue weighted by molar-refractivity contribution is 0.112. The lowest BCUT2D eigenvalue weighted by Crippen LogP contribution is -2.10. The Morgan fingerprint density at radius 3 is 2.15 bits per heavy atom. The highest BCUT2D eigenvalue weighted by molar-refractivity contribution is 6.31. The Hall–Kier alpha value is -0.930. The lowest BCUT2D eigenvalue weighted by Gasteiger charge is -2.21. The van der Waals surface area contributed by atoms with Crippen LogP contribution in [0, 0.1) is 5.92 Å². The molecule has 1 N–H and O–H groups in total. The fourth-order valence-corrected chi connectivity index (χ4v) is 2.50. The van der Waals surface area contributed by atoms with Crippen molar-refractivity contribution in [2.24, 2.45) is 5.92 Å². The Balaban J connectivity index is 3.10. The van der Waals surface area contributed by atoms with Gasteiger partial charge in [0.05, 0.1) is 24.3 Å². The summed E-state index contributed by atoms with van der Waals surface area (Å²) >= 11 is 6.28. The van der Waals surface area contributed by atoms with Crippen LogP contribution in [0.15, 0.2) is 12.1 Å². The molecule has 0 spiro atoms. The molecule has 20 heavy (non-hydrogen) atoms. The molecule has 0 fully saturated rings. The highest BCUT2D eigenvalue weighted by Gasteiger charge is 2.21. The number of aliphatic hydroxyl groups excluding tert-OH is 1. The molecule has 2 atom stereocenters. The summed E-state index contributed by atoms with van der Waals surface area (Å²) in [5, 5.41) is 11.0. The molecule has 1 rings (SSSR count). The molecule has 0 radical (unpaired) electrons. The molecule has 0 saturated carbocycles. The average Bonchev–Trinajstić information content (AvgIpc) is 2.41. The van der Waals surface area contributed by atoms with Crippen molar-refractivity contribution in [1.29, 1.82) is 0 Å². The minimum Gasteiger partial charge on any atom is -0.490 e. The van der Waals surface area contributed by atoms with Crippen molar-refractivity contribution in [3.05, 3.63) is 22.7 Å². The molecule has 0 aliphatic rings. The Bertz CT molecular complexity index is 420. The molecule has 0 bridgehead atoms. The van der Waals surface area contributed by atoms with E-state index in [1.807, 2.05) is 20.8 Å². The number of rotatable bonds is 8. The van der Waals surface area contributed by atoms with Crippen molar-refractivity contribution in [3.8, 4) is 11.5 Å². The van der Waals surface area contributed by atoms with E-state index in [9.17, 15) is 5.11 Å². The van der Waals surface area contributed by atoms with E-state index in [1.54, 1.807) is 12.1 Å². The smallest absolute Gasteiger partial charge is 0.162 e. The van der Waals surface area contributed by atoms with E-state index >= 15 is 0 Å². The van der Waals surface area contributed by atoms with Crippen molar-refractivity contribution >= 4 is 11.6 Å². The van der Waals surface area contributed by atoms with Crippen LogP contribution in [0.5, 0.6) is 11.5 Å². The van der Waals surface area contributed by atoms with Gasteiger partial charge in [-0.3, -0.25) is 0 Å². The number of hydrogen-bond donors (Lipinski definition) is 1. The number of halogens is 1. The molecule has 114 valence electrons. The van der Waals surface area contributed by atoms with Gasteiger partial charge in [0, 0.05) is 11.6 Å². The highest BCUT2D eigenvalue weighted by atomic mass is 35.5. The van der Waals surface area contributed by atoms with Gasteiger partial charge in [0.1, 0.15) is 0 Å². The zero-order valence-electron chi connectivity index (χ0n) is 12.8. The Morgan fingerprint density at radius 1 is 1.10 bits per heavy atom. The second-order valence-electron chi connectivity index (χ2n) is 4.90. The van der Waals surface area contributed by atoms with Crippen LogP contribution in [0.3, 0.4) is 0 Å². The van der Waals surface area contributed by atoms with Crippen LogP contribution in [0.2, 0.25) is 5.02 Å². The Kier molecular flexibility index (Phi) is 7.17. The second kappa shape index (κ2) is 8.38. The molecule has 4 heteroatoms. The van der Waals surface area contributed by atoms with Gasteiger partial charge >= 0.3 is 0 Å². The van der Waals surface area contributed by atoms with Gasteiger partial charge in [-0.15, -0.1) is 0 Å². The topological polar surface area (TPSA) is 38.7 Å². The molecule has 0 aliphatic carbocycles. The number of aliphatic hydroxyl groups is 1. The normalized spacial score (nSPS) is 13.9. The summed E-state index contributed by atoms with van der Waals surface area (Å²) < 4.78 is 11.1. The van der Waals surface area contributed by atoms with Gasteiger partial charge in [0.25, 0.3) is 0 Å². The number of benzene rings is 1.